The molecule has 110 valence electrons. The number of amides is 1. The van der Waals surface area contributed by atoms with Crippen LogP contribution in [0.5, 0.6) is 0 Å². The molecule has 1 aliphatic rings. The van der Waals surface area contributed by atoms with E-state index >= 15 is 0 Å². The predicted octanol–water partition coefficient (Wildman–Crippen LogP) is 0.390. The minimum atomic E-state index is -0.693. The highest BCUT2D eigenvalue weighted by Crippen LogP contribution is 2.13. The number of rotatable bonds is 3. The average Bonchev–Trinajstić information content (AvgIpc) is 2.51. The van der Waals surface area contributed by atoms with Crippen molar-refractivity contribution in [3.8, 4) is 0 Å². The van der Waals surface area contributed by atoms with Crippen molar-refractivity contribution in [3.63, 3.8) is 0 Å². The van der Waals surface area contributed by atoms with Crippen LogP contribution < -0.4 is 11.2 Å². The van der Waals surface area contributed by atoms with E-state index in [4.69, 9.17) is 10.5 Å². The summed E-state index contributed by atoms with van der Waals surface area (Å²) in [6, 6.07) is 7.26. The number of aromatic nitrogens is 1. The molecule has 1 saturated heterocycles. The maximum atomic E-state index is 12.3. The van der Waals surface area contributed by atoms with Gasteiger partial charge in [-0.05, 0) is 12.1 Å². The molecule has 21 heavy (non-hydrogen) atoms. The third kappa shape index (κ3) is 2.68. The molecule has 1 aliphatic heterocycles. The van der Waals surface area contributed by atoms with Crippen molar-refractivity contribution in [2.24, 2.45) is 5.73 Å². The lowest BCUT2D eigenvalue weighted by Crippen LogP contribution is -2.38. The summed E-state index contributed by atoms with van der Waals surface area (Å²) in [5.74, 6) is -0.693. The van der Waals surface area contributed by atoms with Crippen molar-refractivity contribution in [3.05, 3.63) is 46.2 Å². The van der Waals surface area contributed by atoms with Crippen molar-refractivity contribution in [2.75, 3.05) is 26.3 Å². The van der Waals surface area contributed by atoms with Gasteiger partial charge >= 0.3 is 0 Å². The Bertz CT molecular complexity index is 733. The first-order valence-electron chi connectivity index (χ1n) is 6.89. The number of benzene rings is 1. The van der Waals surface area contributed by atoms with Gasteiger partial charge < -0.3 is 15.0 Å². The number of primary amides is 1. The summed E-state index contributed by atoms with van der Waals surface area (Å²) < 4.78 is 7.24. The Labute approximate surface area is 121 Å². The van der Waals surface area contributed by atoms with Gasteiger partial charge in [-0.15, -0.1) is 0 Å². The monoisotopic (exact) mass is 287 g/mol. The molecule has 2 aromatic rings. The van der Waals surface area contributed by atoms with Crippen LogP contribution in [0.3, 0.4) is 0 Å². The van der Waals surface area contributed by atoms with Gasteiger partial charge in [0, 0.05) is 24.7 Å². The normalized spacial score (nSPS) is 16.2. The molecular formula is C15H17N3O3. The summed E-state index contributed by atoms with van der Waals surface area (Å²) in [6.45, 7) is 3.64. The van der Waals surface area contributed by atoms with Crippen LogP contribution in [0, 0.1) is 0 Å². The smallest absolute Gasteiger partial charge is 0.254 e. The molecule has 0 spiro atoms. The number of carbonyl (C=O) groups is 1. The fourth-order valence-electron chi connectivity index (χ4n) is 2.60. The number of nitrogens with two attached hydrogens (primary N) is 1. The molecule has 3 rings (SSSR count). The van der Waals surface area contributed by atoms with Gasteiger partial charge in [-0.2, -0.15) is 0 Å². The third-order valence-electron chi connectivity index (χ3n) is 3.71. The van der Waals surface area contributed by atoms with Gasteiger partial charge in [0.15, 0.2) is 0 Å². The van der Waals surface area contributed by atoms with Gasteiger partial charge in [0.2, 0.25) is 5.43 Å². The zero-order valence-electron chi connectivity index (χ0n) is 11.6. The lowest BCUT2D eigenvalue weighted by molar-refractivity contribution is 0.0240. The van der Waals surface area contributed by atoms with Crippen LogP contribution in [-0.4, -0.2) is 41.7 Å². The minimum absolute atomic E-state index is 0.0296. The Morgan fingerprint density at radius 3 is 2.67 bits per heavy atom. The standard InChI is InChI=1S/C15H17N3O3/c16-15(20)12-9-18(10-17-5-7-21-8-6-17)13-4-2-1-3-11(13)14(12)19/h1-4,9H,5-8,10H2,(H2,16,20). The van der Waals surface area contributed by atoms with Crippen LogP contribution in [0.15, 0.2) is 35.3 Å². The van der Waals surface area contributed by atoms with Crippen LogP contribution in [0.1, 0.15) is 10.4 Å². The molecule has 1 fully saturated rings. The molecule has 0 aliphatic carbocycles. The van der Waals surface area contributed by atoms with Gasteiger partial charge in [0.05, 0.1) is 25.4 Å². The number of para-hydroxylation sites is 1. The van der Waals surface area contributed by atoms with Crippen LogP contribution in [0.25, 0.3) is 10.9 Å². The van der Waals surface area contributed by atoms with E-state index in [2.05, 4.69) is 4.90 Å². The number of ether oxygens (including phenoxy) is 1. The maximum Gasteiger partial charge on any atom is 0.254 e. The highest BCUT2D eigenvalue weighted by molar-refractivity contribution is 5.96. The molecule has 1 aromatic heterocycles. The third-order valence-corrected chi connectivity index (χ3v) is 3.71. The summed E-state index contributed by atoms with van der Waals surface area (Å²) >= 11 is 0. The van der Waals surface area contributed by atoms with Crippen LogP contribution in [0.2, 0.25) is 0 Å². The Morgan fingerprint density at radius 2 is 1.95 bits per heavy atom. The molecule has 6 heteroatoms. The Balaban J connectivity index is 2.09. The molecule has 0 bridgehead atoms. The largest absolute Gasteiger partial charge is 0.379 e. The second-order valence-electron chi connectivity index (χ2n) is 5.09. The molecule has 2 heterocycles. The fraction of sp³-hybridized carbons (Fsp3) is 0.333. The van der Waals surface area contributed by atoms with E-state index in [0.29, 0.717) is 25.3 Å². The topological polar surface area (TPSA) is 77.6 Å². The van der Waals surface area contributed by atoms with E-state index in [1.54, 1.807) is 18.3 Å². The lowest BCUT2D eigenvalue weighted by Gasteiger charge is -2.28. The first-order valence-corrected chi connectivity index (χ1v) is 6.89. The molecule has 0 atom stereocenters. The van der Waals surface area contributed by atoms with Gasteiger partial charge in [-0.3, -0.25) is 14.5 Å². The van der Waals surface area contributed by atoms with Gasteiger partial charge in [-0.25, -0.2) is 0 Å². The highest BCUT2D eigenvalue weighted by atomic mass is 16.5. The fourth-order valence-corrected chi connectivity index (χ4v) is 2.60. The van der Waals surface area contributed by atoms with E-state index in [9.17, 15) is 9.59 Å². The molecule has 0 radical (unpaired) electrons. The van der Waals surface area contributed by atoms with E-state index in [1.165, 1.54) is 0 Å². The minimum Gasteiger partial charge on any atom is -0.379 e. The Kier molecular flexibility index (Phi) is 3.72. The molecule has 1 aromatic carbocycles. The molecular weight excluding hydrogens is 270 g/mol. The SMILES string of the molecule is NC(=O)c1cn(CN2CCOCC2)c2ccccc2c1=O. The Morgan fingerprint density at radius 1 is 1.24 bits per heavy atom. The number of pyridine rings is 1. The van der Waals surface area contributed by atoms with Crippen LogP contribution in [0.4, 0.5) is 0 Å². The summed E-state index contributed by atoms with van der Waals surface area (Å²) in [5, 5.41) is 0.516. The van der Waals surface area contributed by atoms with Crippen LogP contribution in [-0.2, 0) is 11.4 Å². The number of hydrogen-bond acceptors (Lipinski definition) is 4. The summed E-state index contributed by atoms with van der Waals surface area (Å²) in [7, 11) is 0. The van der Waals surface area contributed by atoms with E-state index in [0.717, 1.165) is 18.6 Å². The van der Waals surface area contributed by atoms with Crippen molar-refractivity contribution in [2.45, 2.75) is 6.67 Å². The number of fused-ring (bicyclic) bond motifs is 1. The molecule has 0 saturated carbocycles. The maximum absolute atomic E-state index is 12.3. The van der Waals surface area contributed by atoms with Gasteiger partial charge in [0.25, 0.3) is 5.91 Å². The van der Waals surface area contributed by atoms with Gasteiger partial charge in [-0.1, -0.05) is 12.1 Å². The zero-order chi connectivity index (χ0) is 14.8. The van der Waals surface area contributed by atoms with Crippen molar-refractivity contribution in [1.82, 2.24) is 9.47 Å². The second kappa shape index (κ2) is 5.67. The van der Waals surface area contributed by atoms with Crippen LogP contribution >= 0.6 is 0 Å². The number of carbonyl (C=O) groups excluding carboxylic acids is 1. The molecule has 1 amide bonds. The number of hydrogen-bond donors (Lipinski definition) is 1. The van der Waals surface area contributed by atoms with Crippen molar-refractivity contribution < 1.29 is 9.53 Å². The van der Waals surface area contributed by atoms with Gasteiger partial charge in [0.1, 0.15) is 5.56 Å². The molecule has 2 N–H and O–H groups in total. The Hall–Kier alpha value is -2.18. The molecule has 0 unspecified atom stereocenters. The lowest BCUT2D eigenvalue weighted by atomic mass is 10.1. The number of nitrogens with zero attached hydrogens (tertiary/aromatic N) is 2. The van der Waals surface area contributed by atoms with E-state index in [1.807, 2.05) is 16.7 Å². The first kappa shape index (κ1) is 13.8. The molecule has 6 nitrogen and oxygen atoms in total. The average molecular weight is 287 g/mol. The highest BCUT2D eigenvalue weighted by Gasteiger charge is 2.15. The summed E-state index contributed by atoms with van der Waals surface area (Å²) in [6.07, 6.45) is 1.56. The first-order chi connectivity index (χ1) is 10.2. The zero-order valence-corrected chi connectivity index (χ0v) is 11.6. The van der Waals surface area contributed by atoms with Crippen molar-refractivity contribution >= 4 is 16.8 Å². The summed E-state index contributed by atoms with van der Waals surface area (Å²) in [5.41, 5.74) is 5.85. The summed E-state index contributed by atoms with van der Waals surface area (Å²) in [4.78, 5) is 26.0. The van der Waals surface area contributed by atoms with E-state index < -0.39 is 5.91 Å². The van der Waals surface area contributed by atoms with E-state index in [-0.39, 0.29) is 11.0 Å². The quantitative estimate of drug-likeness (QED) is 0.886. The number of morpholine rings is 1. The second-order valence-corrected chi connectivity index (χ2v) is 5.09. The van der Waals surface area contributed by atoms with Crippen molar-refractivity contribution in [1.29, 1.82) is 0 Å². The predicted molar refractivity (Wildman–Crippen MR) is 79.1 cm³/mol.